The molecule has 19 heavy (non-hydrogen) atoms. The Bertz CT molecular complexity index is 412. The molecule has 3 nitrogen and oxygen atoms in total. The minimum absolute atomic E-state index is 0.0846. The molecule has 2 fully saturated rings. The monoisotopic (exact) mass is 264 g/mol. The average Bonchev–Trinajstić information content (AvgIpc) is 2.37. The number of aliphatic hydroxyl groups excluding tert-OH is 1. The van der Waals surface area contributed by atoms with Gasteiger partial charge in [0.25, 0.3) is 0 Å². The largest absolute Gasteiger partial charge is 0.466 e. The maximum atomic E-state index is 11.6. The number of esters is 1. The van der Waals surface area contributed by atoms with E-state index >= 15 is 0 Å². The molecule has 2 aliphatic carbocycles. The molecule has 0 radical (unpaired) electrons. The standard InChI is InChI=1S/C16H24O3/c1-10-6-5-8-16(3)9-7-12(14(17)13(10)16)11(2)15(18)19-4/h12-14,17H,1-2,5-9H2,3-4H3/t12-,13+,14-,16+/m0/s1. The van der Waals surface area contributed by atoms with Gasteiger partial charge in [0.1, 0.15) is 0 Å². The number of aliphatic hydroxyl groups is 1. The van der Waals surface area contributed by atoms with Crippen molar-refractivity contribution in [3.63, 3.8) is 0 Å². The van der Waals surface area contributed by atoms with E-state index in [0.29, 0.717) is 5.57 Å². The lowest BCUT2D eigenvalue weighted by atomic mass is 9.55. The highest BCUT2D eigenvalue weighted by molar-refractivity contribution is 5.88. The van der Waals surface area contributed by atoms with Crippen LogP contribution in [-0.2, 0) is 9.53 Å². The van der Waals surface area contributed by atoms with E-state index in [2.05, 4.69) is 20.1 Å². The van der Waals surface area contributed by atoms with Crippen LogP contribution in [-0.4, -0.2) is 24.3 Å². The van der Waals surface area contributed by atoms with Crippen molar-refractivity contribution in [1.82, 2.24) is 0 Å². The van der Waals surface area contributed by atoms with Gasteiger partial charge in [-0.1, -0.05) is 25.7 Å². The zero-order chi connectivity index (χ0) is 14.2. The van der Waals surface area contributed by atoms with Crippen molar-refractivity contribution >= 4 is 5.97 Å². The minimum Gasteiger partial charge on any atom is -0.466 e. The first-order chi connectivity index (χ1) is 8.90. The van der Waals surface area contributed by atoms with Crippen LogP contribution in [0.4, 0.5) is 0 Å². The second-order valence-corrected chi connectivity index (χ2v) is 6.30. The first kappa shape index (κ1) is 14.3. The number of hydrogen-bond acceptors (Lipinski definition) is 3. The Hall–Kier alpha value is -1.09. The molecule has 0 aliphatic heterocycles. The number of fused-ring (bicyclic) bond motifs is 1. The lowest BCUT2D eigenvalue weighted by Crippen LogP contribution is -2.48. The van der Waals surface area contributed by atoms with Crippen molar-refractivity contribution in [2.75, 3.05) is 7.11 Å². The summed E-state index contributed by atoms with van der Waals surface area (Å²) in [4.78, 5) is 11.6. The quantitative estimate of drug-likeness (QED) is 0.474. The molecule has 4 atom stereocenters. The summed E-state index contributed by atoms with van der Waals surface area (Å²) < 4.78 is 4.73. The van der Waals surface area contributed by atoms with Crippen LogP contribution in [0, 0.1) is 17.3 Å². The molecule has 0 heterocycles. The fraction of sp³-hybridized carbons (Fsp3) is 0.688. The second kappa shape index (κ2) is 5.12. The third kappa shape index (κ3) is 2.36. The molecular weight excluding hydrogens is 240 g/mol. The van der Waals surface area contributed by atoms with Crippen molar-refractivity contribution in [1.29, 1.82) is 0 Å². The molecule has 1 N–H and O–H groups in total. The van der Waals surface area contributed by atoms with Gasteiger partial charge in [0, 0.05) is 17.4 Å². The first-order valence-corrected chi connectivity index (χ1v) is 7.03. The van der Waals surface area contributed by atoms with Gasteiger partial charge >= 0.3 is 5.97 Å². The van der Waals surface area contributed by atoms with Crippen LogP contribution in [0.15, 0.2) is 24.3 Å². The number of carbonyl (C=O) groups is 1. The molecule has 0 spiro atoms. The SMILES string of the molecule is C=C1CCC[C@]2(C)CC[C@@H](C(=C)C(=O)OC)[C@H](O)[C@@H]12. The third-order valence-electron chi connectivity index (χ3n) is 5.11. The molecule has 0 aromatic rings. The predicted molar refractivity (Wildman–Crippen MR) is 74.5 cm³/mol. The van der Waals surface area contributed by atoms with Gasteiger partial charge in [-0.2, -0.15) is 0 Å². The van der Waals surface area contributed by atoms with Gasteiger partial charge in [0.2, 0.25) is 0 Å². The lowest BCUT2D eigenvalue weighted by Gasteiger charge is -2.51. The van der Waals surface area contributed by atoms with Crippen LogP contribution in [0.25, 0.3) is 0 Å². The van der Waals surface area contributed by atoms with Crippen molar-refractivity contribution in [2.24, 2.45) is 17.3 Å². The van der Waals surface area contributed by atoms with Gasteiger partial charge in [-0.15, -0.1) is 0 Å². The number of ether oxygens (including phenoxy) is 1. The molecule has 0 aromatic carbocycles. The average molecular weight is 264 g/mol. The normalized spacial score (nSPS) is 38.5. The summed E-state index contributed by atoms with van der Waals surface area (Å²) in [5.74, 6) is -0.518. The second-order valence-electron chi connectivity index (χ2n) is 6.30. The summed E-state index contributed by atoms with van der Waals surface area (Å²) in [6, 6.07) is 0. The molecule has 0 aromatic heterocycles. The predicted octanol–water partition coefficient (Wildman–Crippen LogP) is 2.85. The Labute approximate surface area is 115 Å². The van der Waals surface area contributed by atoms with Crippen molar-refractivity contribution in [2.45, 2.75) is 45.1 Å². The highest BCUT2D eigenvalue weighted by Gasteiger charge is 2.49. The molecule has 0 saturated heterocycles. The maximum absolute atomic E-state index is 11.6. The van der Waals surface area contributed by atoms with Crippen LogP contribution in [0.2, 0.25) is 0 Å². The highest BCUT2D eigenvalue weighted by atomic mass is 16.5. The zero-order valence-corrected chi connectivity index (χ0v) is 11.9. The zero-order valence-electron chi connectivity index (χ0n) is 11.9. The lowest BCUT2D eigenvalue weighted by molar-refractivity contribution is -0.138. The maximum Gasteiger partial charge on any atom is 0.333 e. The van der Waals surface area contributed by atoms with E-state index in [-0.39, 0.29) is 17.3 Å². The van der Waals surface area contributed by atoms with E-state index < -0.39 is 12.1 Å². The first-order valence-electron chi connectivity index (χ1n) is 7.03. The summed E-state index contributed by atoms with van der Waals surface area (Å²) in [6.45, 7) is 10.2. The Morgan fingerprint density at radius 3 is 2.79 bits per heavy atom. The van der Waals surface area contributed by atoms with Gasteiger partial charge in [-0.25, -0.2) is 4.79 Å². The molecule has 106 valence electrons. The number of carbonyl (C=O) groups excluding carboxylic acids is 1. The van der Waals surface area contributed by atoms with Gasteiger partial charge in [0.05, 0.1) is 13.2 Å². The van der Waals surface area contributed by atoms with Crippen LogP contribution in [0.1, 0.15) is 39.0 Å². The van der Waals surface area contributed by atoms with Gasteiger partial charge in [0.15, 0.2) is 0 Å². The number of rotatable bonds is 2. The molecule has 0 unspecified atom stereocenters. The fourth-order valence-electron chi connectivity index (χ4n) is 4.01. The Balaban J connectivity index is 2.22. The molecule has 0 amide bonds. The van der Waals surface area contributed by atoms with E-state index in [9.17, 15) is 9.90 Å². The van der Waals surface area contributed by atoms with E-state index in [1.165, 1.54) is 7.11 Å². The van der Waals surface area contributed by atoms with Crippen molar-refractivity contribution < 1.29 is 14.6 Å². The molecule has 3 heteroatoms. The highest BCUT2D eigenvalue weighted by Crippen LogP contribution is 2.54. The van der Waals surface area contributed by atoms with E-state index in [4.69, 9.17) is 4.74 Å². The number of methoxy groups -OCH3 is 1. The Morgan fingerprint density at radius 1 is 1.47 bits per heavy atom. The van der Waals surface area contributed by atoms with Crippen LogP contribution in [0.3, 0.4) is 0 Å². The molecule has 0 bridgehead atoms. The molecular formula is C16H24O3. The summed E-state index contributed by atoms with van der Waals surface area (Å²) in [5, 5.41) is 10.7. The van der Waals surface area contributed by atoms with Crippen LogP contribution < -0.4 is 0 Å². The third-order valence-corrected chi connectivity index (χ3v) is 5.11. The summed E-state index contributed by atoms with van der Waals surface area (Å²) in [6.07, 6.45) is 4.52. The molecule has 2 rings (SSSR count). The van der Waals surface area contributed by atoms with Crippen LogP contribution >= 0.6 is 0 Å². The van der Waals surface area contributed by atoms with E-state index in [1.807, 2.05) is 0 Å². The van der Waals surface area contributed by atoms with Crippen molar-refractivity contribution in [3.8, 4) is 0 Å². The van der Waals surface area contributed by atoms with Crippen LogP contribution in [0.5, 0.6) is 0 Å². The Kier molecular flexibility index (Phi) is 3.86. The van der Waals surface area contributed by atoms with E-state index in [1.54, 1.807) is 0 Å². The smallest absolute Gasteiger partial charge is 0.333 e. The van der Waals surface area contributed by atoms with Gasteiger partial charge in [-0.3, -0.25) is 0 Å². The minimum atomic E-state index is -0.557. The topological polar surface area (TPSA) is 46.5 Å². The summed E-state index contributed by atoms with van der Waals surface area (Å²) >= 11 is 0. The van der Waals surface area contributed by atoms with Crippen molar-refractivity contribution in [3.05, 3.63) is 24.3 Å². The fourth-order valence-corrected chi connectivity index (χ4v) is 4.01. The van der Waals surface area contributed by atoms with Gasteiger partial charge < -0.3 is 9.84 Å². The Morgan fingerprint density at radius 2 is 2.16 bits per heavy atom. The van der Waals surface area contributed by atoms with Gasteiger partial charge in [-0.05, 0) is 37.5 Å². The number of hydrogen-bond donors (Lipinski definition) is 1. The molecule has 2 saturated carbocycles. The summed E-state index contributed by atoms with van der Waals surface area (Å²) in [5.41, 5.74) is 1.65. The summed E-state index contributed by atoms with van der Waals surface area (Å²) in [7, 11) is 1.35. The van der Waals surface area contributed by atoms with E-state index in [0.717, 1.165) is 37.7 Å². The molecule has 2 aliphatic rings.